The molecule has 0 atom stereocenters. The summed E-state index contributed by atoms with van der Waals surface area (Å²) >= 11 is 0. The van der Waals surface area contributed by atoms with Gasteiger partial charge in [-0.2, -0.15) is 5.26 Å². The molecule has 1 N–H and O–H groups in total. The van der Waals surface area contributed by atoms with Crippen molar-refractivity contribution >= 4 is 12.0 Å². The van der Waals surface area contributed by atoms with Crippen LogP contribution in [-0.2, 0) is 11.2 Å². The van der Waals surface area contributed by atoms with E-state index in [1.807, 2.05) is 36.4 Å². The van der Waals surface area contributed by atoms with Gasteiger partial charge in [-0.25, -0.2) is 0 Å². The second kappa shape index (κ2) is 7.34. The molecule has 2 aromatic rings. The van der Waals surface area contributed by atoms with Gasteiger partial charge in [0, 0.05) is 6.54 Å². The zero-order valence-electron chi connectivity index (χ0n) is 13.0. The van der Waals surface area contributed by atoms with Crippen molar-refractivity contribution in [3.63, 3.8) is 0 Å². The van der Waals surface area contributed by atoms with E-state index in [4.69, 9.17) is 9.47 Å². The quantitative estimate of drug-likeness (QED) is 0.679. The van der Waals surface area contributed by atoms with Gasteiger partial charge in [-0.05, 0) is 35.8 Å². The SMILES string of the molecule is N#C/C(=C/c1ccc2c(c1)OCO2)C(=O)NCCc1ccccc1. The molecule has 0 saturated carbocycles. The number of nitrogens with one attached hydrogen (secondary N) is 1. The maximum Gasteiger partial charge on any atom is 0.261 e. The lowest BCUT2D eigenvalue weighted by molar-refractivity contribution is -0.117. The van der Waals surface area contributed by atoms with E-state index in [2.05, 4.69) is 5.32 Å². The minimum absolute atomic E-state index is 0.0573. The Hall–Kier alpha value is -3.26. The normalized spacial score (nSPS) is 12.5. The van der Waals surface area contributed by atoms with Gasteiger partial charge < -0.3 is 14.8 Å². The third kappa shape index (κ3) is 3.73. The minimum Gasteiger partial charge on any atom is -0.454 e. The van der Waals surface area contributed by atoms with Crippen molar-refractivity contribution in [3.8, 4) is 17.6 Å². The molecule has 5 nitrogen and oxygen atoms in total. The summed E-state index contributed by atoms with van der Waals surface area (Å²) in [6, 6.07) is 17.1. The zero-order chi connectivity index (χ0) is 16.8. The van der Waals surface area contributed by atoms with Gasteiger partial charge in [-0.3, -0.25) is 4.79 Å². The average molecular weight is 320 g/mol. The molecule has 0 fully saturated rings. The van der Waals surface area contributed by atoms with Crippen LogP contribution in [0, 0.1) is 11.3 Å². The highest BCUT2D eigenvalue weighted by molar-refractivity contribution is 6.01. The predicted octanol–water partition coefficient (Wildman–Crippen LogP) is 2.68. The Kier molecular flexibility index (Phi) is 4.78. The van der Waals surface area contributed by atoms with Crippen LogP contribution in [-0.4, -0.2) is 19.2 Å². The lowest BCUT2D eigenvalue weighted by Gasteiger charge is -2.05. The van der Waals surface area contributed by atoms with Crippen LogP contribution >= 0.6 is 0 Å². The van der Waals surface area contributed by atoms with Crippen LogP contribution in [0.15, 0.2) is 54.1 Å². The van der Waals surface area contributed by atoms with Crippen molar-refractivity contribution in [2.75, 3.05) is 13.3 Å². The van der Waals surface area contributed by atoms with E-state index in [9.17, 15) is 10.1 Å². The molecule has 1 heterocycles. The van der Waals surface area contributed by atoms with E-state index in [0.717, 1.165) is 12.0 Å². The molecule has 0 bridgehead atoms. The minimum atomic E-state index is -0.383. The van der Waals surface area contributed by atoms with Gasteiger partial charge in [0.2, 0.25) is 6.79 Å². The van der Waals surface area contributed by atoms with Gasteiger partial charge >= 0.3 is 0 Å². The van der Waals surface area contributed by atoms with Gasteiger partial charge in [0.05, 0.1) is 0 Å². The Labute approximate surface area is 140 Å². The molecule has 0 saturated heterocycles. The van der Waals surface area contributed by atoms with E-state index >= 15 is 0 Å². The maximum atomic E-state index is 12.1. The third-order valence-electron chi connectivity index (χ3n) is 3.61. The highest BCUT2D eigenvalue weighted by Crippen LogP contribution is 2.33. The average Bonchev–Trinajstić information content (AvgIpc) is 3.08. The van der Waals surface area contributed by atoms with E-state index in [-0.39, 0.29) is 18.3 Å². The first-order valence-corrected chi connectivity index (χ1v) is 7.60. The largest absolute Gasteiger partial charge is 0.454 e. The van der Waals surface area contributed by atoms with E-state index in [1.54, 1.807) is 24.3 Å². The number of benzene rings is 2. The summed E-state index contributed by atoms with van der Waals surface area (Å²) in [5.74, 6) is 0.898. The van der Waals surface area contributed by atoms with Crippen LogP contribution in [0.25, 0.3) is 6.08 Å². The van der Waals surface area contributed by atoms with Crippen LogP contribution in [0.1, 0.15) is 11.1 Å². The molecule has 120 valence electrons. The lowest BCUT2D eigenvalue weighted by atomic mass is 10.1. The van der Waals surface area contributed by atoms with Crippen LogP contribution in [0.3, 0.4) is 0 Å². The molecule has 5 heteroatoms. The number of nitriles is 1. The summed E-state index contributed by atoms with van der Waals surface area (Å²) in [5, 5.41) is 12.0. The van der Waals surface area contributed by atoms with Crippen LogP contribution in [0.5, 0.6) is 11.5 Å². The van der Waals surface area contributed by atoms with Crippen LogP contribution in [0.4, 0.5) is 0 Å². The molecule has 1 amide bonds. The fraction of sp³-hybridized carbons (Fsp3) is 0.158. The first kappa shape index (κ1) is 15.6. The Bertz CT molecular complexity index is 807. The summed E-state index contributed by atoms with van der Waals surface area (Å²) in [4.78, 5) is 12.1. The second-order valence-electron chi connectivity index (χ2n) is 5.27. The lowest BCUT2D eigenvalue weighted by Crippen LogP contribution is -2.26. The van der Waals surface area contributed by atoms with Gasteiger partial charge in [0.15, 0.2) is 11.5 Å². The molecular formula is C19H16N2O3. The number of hydrogen-bond acceptors (Lipinski definition) is 4. The Morgan fingerprint density at radius 1 is 1.17 bits per heavy atom. The molecule has 0 radical (unpaired) electrons. The molecular weight excluding hydrogens is 304 g/mol. The number of hydrogen-bond donors (Lipinski definition) is 1. The number of fused-ring (bicyclic) bond motifs is 1. The summed E-state index contributed by atoms with van der Waals surface area (Å²) < 4.78 is 10.5. The molecule has 0 spiro atoms. The topological polar surface area (TPSA) is 71.3 Å². The smallest absolute Gasteiger partial charge is 0.261 e. The monoisotopic (exact) mass is 320 g/mol. The third-order valence-corrected chi connectivity index (χ3v) is 3.61. The number of amides is 1. The number of ether oxygens (including phenoxy) is 2. The first-order chi connectivity index (χ1) is 11.8. The van der Waals surface area contributed by atoms with Crippen molar-refractivity contribution in [3.05, 3.63) is 65.2 Å². The molecule has 1 aliphatic rings. The van der Waals surface area contributed by atoms with Crippen molar-refractivity contribution in [2.24, 2.45) is 0 Å². The van der Waals surface area contributed by atoms with E-state index < -0.39 is 0 Å². The van der Waals surface area contributed by atoms with Crippen molar-refractivity contribution in [1.82, 2.24) is 5.32 Å². The Morgan fingerprint density at radius 2 is 1.96 bits per heavy atom. The first-order valence-electron chi connectivity index (χ1n) is 7.60. The summed E-state index contributed by atoms with van der Waals surface area (Å²) in [7, 11) is 0. The summed E-state index contributed by atoms with van der Waals surface area (Å²) in [5.41, 5.74) is 1.91. The van der Waals surface area contributed by atoms with Crippen molar-refractivity contribution in [2.45, 2.75) is 6.42 Å². The highest BCUT2D eigenvalue weighted by Gasteiger charge is 2.14. The van der Waals surface area contributed by atoms with Crippen LogP contribution in [0.2, 0.25) is 0 Å². The predicted molar refractivity (Wildman–Crippen MR) is 89.3 cm³/mol. The van der Waals surface area contributed by atoms with Crippen LogP contribution < -0.4 is 14.8 Å². The standard InChI is InChI=1S/C19H16N2O3/c20-12-16(10-15-6-7-17-18(11-15)24-13-23-17)19(22)21-9-8-14-4-2-1-3-5-14/h1-7,10-11H,8-9,13H2,(H,21,22)/b16-10-. The van der Waals surface area contributed by atoms with Gasteiger partial charge in [0.1, 0.15) is 11.6 Å². The Morgan fingerprint density at radius 3 is 2.75 bits per heavy atom. The molecule has 0 unspecified atom stereocenters. The van der Waals surface area contributed by atoms with E-state index in [0.29, 0.717) is 23.6 Å². The van der Waals surface area contributed by atoms with Gasteiger partial charge in [-0.1, -0.05) is 36.4 Å². The molecule has 3 rings (SSSR count). The fourth-order valence-electron chi connectivity index (χ4n) is 2.38. The fourth-order valence-corrected chi connectivity index (χ4v) is 2.38. The van der Waals surface area contributed by atoms with Crippen molar-refractivity contribution < 1.29 is 14.3 Å². The second-order valence-corrected chi connectivity index (χ2v) is 5.27. The Balaban J connectivity index is 1.62. The van der Waals surface area contributed by atoms with Crippen molar-refractivity contribution in [1.29, 1.82) is 5.26 Å². The van der Waals surface area contributed by atoms with Gasteiger partial charge in [0.25, 0.3) is 5.91 Å². The summed E-state index contributed by atoms with van der Waals surface area (Å²) in [6.45, 7) is 0.663. The number of carbonyl (C=O) groups excluding carboxylic acids is 1. The van der Waals surface area contributed by atoms with Gasteiger partial charge in [-0.15, -0.1) is 0 Å². The number of carbonyl (C=O) groups is 1. The number of rotatable bonds is 5. The zero-order valence-corrected chi connectivity index (χ0v) is 13.0. The molecule has 0 aliphatic carbocycles. The summed E-state index contributed by atoms with van der Waals surface area (Å²) in [6.07, 6.45) is 2.26. The molecule has 2 aromatic carbocycles. The number of nitrogens with zero attached hydrogens (tertiary/aromatic N) is 1. The highest BCUT2D eigenvalue weighted by atomic mass is 16.7. The van der Waals surface area contributed by atoms with E-state index in [1.165, 1.54) is 0 Å². The maximum absolute atomic E-state index is 12.1. The molecule has 0 aromatic heterocycles. The molecule has 24 heavy (non-hydrogen) atoms. The molecule has 1 aliphatic heterocycles.